The van der Waals surface area contributed by atoms with Gasteiger partial charge >= 0.3 is 0 Å². The summed E-state index contributed by atoms with van der Waals surface area (Å²) in [6, 6.07) is 26.1. The summed E-state index contributed by atoms with van der Waals surface area (Å²) in [4.78, 5) is 0. The molecule has 7 nitrogen and oxygen atoms in total. The Morgan fingerprint density at radius 2 is 1.77 bits per heavy atom. The summed E-state index contributed by atoms with van der Waals surface area (Å²) in [5, 5.41) is 16.8. The zero-order chi connectivity index (χ0) is 29.6. The summed E-state index contributed by atoms with van der Waals surface area (Å²) in [7, 11) is 0. The number of nitrogens with zero attached hydrogens (tertiary/aromatic N) is 1. The maximum Gasteiger partial charge on any atom is 0.161 e. The van der Waals surface area contributed by atoms with Crippen LogP contribution in [0.25, 0.3) is 11.1 Å². The van der Waals surface area contributed by atoms with Crippen LogP contribution in [0, 0.1) is 18.3 Å². The molecule has 2 aliphatic heterocycles. The molecule has 4 aromatic rings. The standard InChI is InChI=1S/C35H34ClN3O4/c1-23-27(6-3-7-30(23)26-8-9-32-35(16-26)41-13-12-40-32)22-43-34-17-33(42-21-25-5-2-4-24(14-25)18-37)28(15-31(34)36)19-39-29-10-11-38-20-29/h2-9,14-17,29,38-39H,10-13,19-22H2,1H3. The molecule has 43 heavy (non-hydrogen) atoms. The third kappa shape index (κ3) is 6.89. The second-order valence-electron chi connectivity index (χ2n) is 10.8. The average Bonchev–Trinajstić information content (AvgIpc) is 3.57. The van der Waals surface area contributed by atoms with Gasteiger partial charge in [-0.2, -0.15) is 5.26 Å². The summed E-state index contributed by atoms with van der Waals surface area (Å²) >= 11 is 6.77. The molecule has 2 aliphatic rings. The van der Waals surface area contributed by atoms with E-state index >= 15 is 0 Å². The molecule has 0 spiro atoms. The largest absolute Gasteiger partial charge is 0.488 e. The number of ether oxygens (including phenoxy) is 4. The van der Waals surface area contributed by atoms with Crippen LogP contribution >= 0.6 is 11.6 Å². The summed E-state index contributed by atoms with van der Waals surface area (Å²) in [5.74, 6) is 2.79. The Morgan fingerprint density at radius 3 is 2.60 bits per heavy atom. The lowest BCUT2D eigenvalue weighted by Crippen LogP contribution is -2.30. The maximum atomic E-state index is 9.29. The molecule has 2 N–H and O–H groups in total. The van der Waals surface area contributed by atoms with Crippen molar-refractivity contribution in [3.8, 4) is 40.2 Å². The van der Waals surface area contributed by atoms with Crippen molar-refractivity contribution in [1.82, 2.24) is 10.6 Å². The van der Waals surface area contributed by atoms with Crippen LogP contribution in [0.1, 0.15) is 34.2 Å². The quantitative estimate of drug-likeness (QED) is 0.215. The monoisotopic (exact) mass is 595 g/mol. The molecule has 8 heteroatoms. The minimum atomic E-state index is 0.325. The number of nitrogens with one attached hydrogen (secondary N) is 2. The normalized spacial score (nSPS) is 15.6. The van der Waals surface area contributed by atoms with Gasteiger partial charge in [0.1, 0.15) is 37.9 Å². The number of hydrogen-bond acceptors (Lipinski definition) is 7. The van der Waals surface area contributed by atoms with E-state index in [1.54, 1.807) is 6.07 Å². The Kier molecular flexibility index (Phi) is 8.99. The number of rotatable bonds is 10. The highest BCUT2D eigenvalue weighted by Crippen LogP contribution is 2.37. The molecule has 0 aromatic heterocycles. The highest BCUT2D eigenvalue weighted by molar-refractivity contribution is 6.32. The van der Waals surface area contributed by atoms with E-state index in [0.717, 1.165) is 64.4 Å². The summed E-state index contributed by atoms with van der Waals surface area (Å²) in [6.07, 6.45) is 1.08. The van der Waals surface area contributed by atoms with Crippen LogP contribution in [0.2, 0.25) is 5.02 Å². The van der Waals surface area contributed by atoms with Gasteiger partial charge in [0.05, 0.1) is 16.7 Å². The van der Waals surface area contributed by atoms with E-state index in [-0.39, 0.29) is 0 Å². The number of benzene rings is 4. The van der Waals surface area contributed by atoms with Gasteiger partial charge in [-0.15, -0.1) is 0 Å². The smallest absolute Gasteiger partial charge is 0.161 e. The van der Waals surface area contributed by atoms with Crippen molar-refractivity contribution in [1.29, 1.82) is 5.26 Å². The van der Waals surface area contributed by atoms with E-state index in [4.69, 9.17) is 30.5 Å². The van der Waals surface area contributed by atoms with Gasteiger partial charge in [-0.1, -0.05) is 48.0 Å². The van der Waals surface area contributed by atoms with Gasteiger partial charge in [0.15, 0.2) is 11.5 Å². The fraction of sp³-hybridized carbons (Fsp3) is 0.286. The SMILES string of the molecule is Cc1c(COc2cc(OCc3cccc(C#N)c3)c(CNC3CCNC3)cc2Cl)cccc1-c1ccc2c(c1)OCCO2. The Hall–Kier alpha value is -4.22. The van der Waals surface area contributed by atoms with Crippen LogP contribution in [0.4, 0.5) is 0 Å². The summed E-state index contributed by atoms with van der Waals surface area (Å²) in [5.41, 5.74) is 6.82. The first kappa shape index (κ1) is 28.9. The molecule has 4 aromatic carbocycles. The Balaban J connectivity index is 1.21. The van der Waals surface area contributed by atoms with E-state index in [0.29, 0.717) is 61.1 Å². The van der Waals surface area contributed by atoms with E-state index in [1.165, 1.54) is 0 Å². The van der Waals surface area contributed by atoms with Gasteiger partial charge in [0.25, 0.3) is 0 Å². The highest BCUT2D eigenvalue weighted by Gasteiger charge is 2.18. The first-order valence-corrected chi connectivity index (χ1v) is 14.9. The van der Waals surface area contributed by atoms with Crippen LogP contribution in [0.3, 0.4) is 0 Å². The van der Waals surface area contributed by atoms with Crippen LogP contribution in [-0.2, 0) is 19.8 Å². The zero-order valence-electron chi connectivity index (χ0n) is 24.1. The van der Waals surface area contributed by atoms with Crippen molar-refractivity contribution in [3.05, 3.63) is 106 Å². The predicted molar refractivity (Wildman–Crippen MR) is 167 cm³/mol. The van der Waals surface area contributed by atoms with Crippen LogP contribution < -0.4 is 29.6 Å². The van der Waals surface area contributed by atoms with Crippen molar-refractivity contribution in [2.45, 2.75) is 39.1 Å². The summed E-state index contributed by atoms with van der Waals surface area (Å²) in [6.45, 7) is 6.46. The van der Waals surface area contributed by atoms with Gasteiger partial charge < -0.3 is 29.6 Å². The van der Waals surface area contributed by atoms with Gasteiger partial charge in [-0.3, -0.25) is 0 Å². The van der Waals surface area contributed by atoms with Crippen molar-refractivity contribution in [3.63, 3.8) is 0 Å². The lowest BCUT2D eigenvalue weighted by Gasteiger charge is -2.20. The second kappa shape index (κ2) is 13.4. The van der Waals surface area contributed by atoms with Crippen LogP contribution in [0.5, 0.6) is 23.0 Å². The lowest BCUT2D eigenvalue weighted by molar-refractivity contribution is 0.171. The van der Waals surface area contributed by atoms with Crippen molar-refractivity contribution < 1.29 is 18.9 Å². The third-order valence-electron chi connectivity index (χ3n) is 7.89. The first-order valence-electron chi connectivity index (χ1n) is 14.6. The molecule has 1 atom stereocenters. The number of hydrogen-bond donors (Lipinski definition) is 2. The van der Waals surface area contributed by atoms with Crippen LogP contribution in [0.15, 0.2) is 72.8 Å². The molecule has 0 amide bonds. The molecule has 0 bridgehead atoms. The Labute approximate surface area is 257 Å². The fourth-order valence-corrected chi connectivity index (χ4v) is 5.69. The molecule has 2 heterocycles. The van der Waals surface area contributed by atoms with Crippen molar-refractivity contribution in [2.24, 2.45) is 0 Å². The lowest BCUT2D eigenvalue weighted by atomic mass is 9.96. The van der Waals surface area contributed by atoms with Crippen LogP contribution in [-0.4, -0.2) is 32.3 Å². The summed E-state index contributed by atoms with van der Waals surface area (Å²) < 4.78 is 24.1. The fourth-order valence-electron chi connectivity index (χ4n) is 5.45. The zero-order valence-corrected chi connectivity index (χ0v) is 24.9. The first-order chi connectivity index (χ1) is 21.1. The highest BCUT2D eigenvalue weighted by atomic mass is 35.5. The van der Waals surface area contributed by atoms with E-state index in [1.807, 2.05) is 48.5 Å². The molecule has 1 unspecified atom stereocenters. The average molecular weight is 596 g/mol. The van der Waals surface area contributed by atoms with E-state index in [9.17, 15) is 5.26 Å². The maximum absolute atomic E-state index is 9.29. The van der Waals surface area contributed by atoms with E-state index in [2.05, 4.69) is 41.8 Å². The van der Waals surface area contributed by atoms with E-state index < -0.39 is 0 Å². The molecule has 0 aliphatic carbocycles. The van der Waals surface area contributed by atoms with Gasteiger partial charge in [0, 0.05) is 30.8 Å². The molecule has 220 valence electrons. The molecule has 6 rings (SSSR count). The van der Waals surface area contributed by atoms with Gasteiger partial charge in [-0.25, -0.2) is 0 Å². The topological polar surface area (TPSA) is 84.8 Å². The molecule has 1 fully saturated rings. The predicted octanol–water partition coefficient (Wildman–Crippen LogP) is 6.57. The van der Waals surface area contributed by atoms with Crippen molar-refractivity contribution >= 4 is 11.6 Å². The molecule has 1 saturated heterocycles. The Morgan fingerprint density at radius 1 is 0.930 bits per heavy atom. The minimum Gasteiger partial charge on any atom is -0.488 e. The van der Waals surface area contributed by atoms with Gasteiger partial charge in [-0.05, 0) is 78.0 Å². The number of halogens is 1. The van der Waals surface area contributed by atoms with Gasteiger partial charge in [0.2, 0.25) is 0 Å². The second-order valence-corrected chi connectivity index (χ2v) is 11.2. The molecular formula is C35H34ClN3O4. The van der Waals surface area contributed by atoms with Crippen molar-refractivity contribution in [2.75, 3.05) is 26.3 Å². The molecule has 0 saturated carbocycles. The molecular weight excluding hydrogens is 562 g/mol. The Bertz CT molecular complexity index is 1650. The number of nitriles is 1. The number of fused-ring (bicyclic) bond motifs is 1. The molecule has 0 radical (unpaired) electrons. The minimum absolute atomic E-state index is 0.325. The third-order valence-corrected chi connectivity index (χ3v) is 8.18.